The highest BCUT2D eigenvalue weighted by molar-refractivity contribution is 5.98. The standard InChI is InChI=1S/C17H22O3/c1-11(2)9-12-3-5-13(6-4-12)16(18)14-7-8-15(10-14)17(19)20/h3-6,11,14-15H,7-10H2,1-2H3,(H,19,20). The molecule has 0 amide bonds. The SMILES string of the molecule is CC(C)Cc1ccc(C(=O)C2CCC(C(=O)O)C2)cc1. The lowest BCUT2D eigenvalue weighted by Gasteiger charge is -2.10. The number of rotatable bonds is 5. The Morgan fingerprint density at radius 1 is 1.15 bits per heavy atom. The Hall–Kier alpha value is -1.64. The van der Waals surface area contributed by atoms with E-state index in [0.29, 0.717) is 30.7 Å². The summed E-state index contributed by atoms with van der Waals surface area (Å²) in [5.41, 5.74) is 1.96. The molecule has 1 aliphatic rings. The van der Waals surface area contributed by atoms with Crippen LogP contribution < -0.4 is 0 Å². The number of carbonyl (C=O) groups excluding carboxylic acids is 1. The zero-order valence-electron chi connectivity index (χ0n) is 12.1. The van der Waals surface area contributed by atoms with Gasteiger partial charge < -0.3 is 5.11 Å². The van der Waals surface area contributed by atoms with Gasteiger partial charge >= 0.3 is 5.97 Å². The Morgan fingerprint density at radius 2 is 1.75 bits per heavy atom. The molecule has 2 rings (SSSR count). The number of ketones is 1. The number of aliphatic carboxylic acids is 1. The molecule has 1 aromatic rings. The first-order valence-corrected chi connectivity index (χ1v) is 7.33. The summed E-state index contributed by atoms with van der Waals surface area (Å²) in [5.74, 6) is -0.531. The second-order valence-corrected chi connectivity index (χ2v) is 6.20. The lowest BCUT2D eigenvalue weighted by atomic mass is 9.93. The molecule has 0 aliphatic heterocycles. The fraction of sp³-hybridized carbons (Fsp3) is 0.529. The van der Waals surface area contributed by atoms with Crippen LogP contribution in [0.1, 0.15) is 49.0 Å². The number of Topliss-reactive ketones (excluding diaryl/α,β-unsaturated/α-hetero) is 1. The quantitative estimate of drug-likeness (QED) is 0.835. The second-order valence-electron chi connectivity index (χ2n) is 6.20. The second kappa shape index (κ2) is 6.21. The van der Waals surface area contributed by atoms with Crippen molar-refractivity contribution in [3.05, 3.63) is 35.4 Å². The van der Waals surface area contributed by atoms with Gasteiger partial charge in [0.05, 0.1) is 5.92 Å². The van der Waals surface area contributed by atoms with Crippen LogP contribution in [-0.4, -0.2) is 16.9 Å². The fourth-order valence-corrected chi connectivity index (χ4v) is 2.96. The van der Waals surface area contributed by atoms with Crippen LogP contribution in [0.15, 0.2) is 24.3 Å². The molecule has 108 valence electrons. The smallest absolute Gasteiger partial charge is 0.306 e. The van der Waals surface area contributed by atoms with Crippen molar-refractivity contribution in [3.8, 4) is 0 Å². The van der Waals surface area contributed by atoms with Gasteiger partial charge in [0.1, 0.15) is 0 Å². The molecule has 2 unspecified atom stereocenters. The highest BCUT2D eigenvalue weighted by Gasteiger charge is 2.34. The third-order valence-electron chi connectivity index (χ3n) is 4.04. The van der Waals surface area contributed by atoms with Gasteiger partial charge in [-0.15, -0.1) is 0 Å². The van der Waals surface area contributed by atoms with Crippen molar-refractivity contribution in [3.63, 3.8) is 0 Å². The Balaban J connectivity index is 2.01. The van der Waals surface area contributed by atoms with Crippen LogP contribution in [0, 0.1) is 17.8 Å². The average Bonchev–Trinajstić information content (AvgIpc) is 2.88. The van der Waals surface area contributed by atoms with Gasteiger partial charge in [-0.25, -0.2) is 0 Å². The molecule has 0 saturated heterocycles. The molecule has 0 bridgehead atoms. The number of carboxylic acids is 1. The summed E-state index contributed by atoms with van der Waals surface area (Å²) in [6, 6.07) is 7.79. The maximum atomic E-state index is 12.4. The number of hydrogen-bond donors (Lipinski definition) is 1. The maximum absolute atomic E-state index is 12.4. The lowest BCUT2D eigenvalue weighted by Crippen LogP contribution is -2.14. The molecule has 20 heavy (non-hydrogen) atoms. The summed E-state index contributed by atoms with van der Waals surface area (Å²) in [5, 5.41) is 8.99. The third-order valence-corrected chi connectivity index (χ3v) is 4.04. The van der Waals surface area contributed by atoms with E-state index in [4.69, 9.17) is 5.11 Å². The van der Waals surface area contributed by atoms with Crippen LogP contribution in [0.4, 0.5) is 0 Å². The highest BCUT2D eigenvalue weighted by atomic mass is 16.4. The van der Waals surface area contributed by atoms with Gasteiger partial charge in [0.25, 0.3) is 0 Å². The van der Waals surface area contributed by atoms with Crippen molar-refractivity contribution in [2.24, 2.45) is 17.8 Å². The molecule has 0 spiro atoms. The minimum atomic E-state index is -0.771. The van der Waals surface area contributed by atoms with Gasteiger partial charge in [-0.05, 0) is 37.2 Å². The Morgan fingerprint density at radius 3 is 2.25 bits per heavy atom. The number of hydrogen-bond acceptors (Lipinski definition) is 2. The Bertz CT molecular complexity index is 487. The van der Waals surface area contributed by atoms with E-state index in [1.165, 1.54) is 5.56 Å². The van der Waals surface area contributed by atoms with E-state index in [1.807, 2.05) is 24.3 Å². The van der Waals surface area contributed by atoms with Crippen LogP contribution in [0.2, 0.25) is 0 Å². The van der Waals surface area contributed by atoms with Crippen LogP contribution >= 0.6 is 0 Å². The summed E-state index contributed by atoms with van der Waals surface area (Å²) in [6.45, 7) is 4.34. The summed E-state index contributed by atoms with van der Waals surface area (Å²) in [7, 11) is 0. The summed E-state index contributed by atoms with van der Waals surface area (Å²) >= 11 is 0. The van der Waals surface area contributed by atoms with E-state index in [1.54, 1.807) is 0 Å². The van der Waals surface area contributed by atoms with Crippen molar-refractivity contribution >= 4 is 11.8 Å². The topological polar surface area (TPSA) is 54.4 Å². The van der Waals surface area contributed by atoms with E-state index in [2.05, 4.69) is 13.8 Å². The van der Waals surface area contributed by atoms with E-state index < -0.39 is 5.97 Å². The highest BCUT2D eigenvalue weighted by Crippen LogP contribution is 2.33. The first-order chi connectivity index (χ1) is 9.47. The predicted octanol–water partition coefficient (Wildman–Crippen LogP) is 3.57. The largest absolute Gasteiger partial charge is 0.481 e. The molecule has 1 N–H and O–H groups in total. The normalized spacial score (nSPS) is 22.1. The summed E-state index contributed by atoms with van der Waals surface area (Å²) in [4.78, 5) is 23.3. The van der Waals surface area contributed by atoms with Gasteiger partial charge in [-0.2, -0.15) is 0 Å². The minimum absolute atomic E-state index is 0.102. The van der Waals surface area contributed by atoms with E-state index in [-0.39, 0.29) is 17.6 Å². The molecule has 1 aliphatic carbocycles. The summed E-state index contributed by atoms with van der Waals surface area (Å²) < 4.78 is 0. The predicted molar refractivity (Wildman–Crippen MR) is 77.8 cm³/mol. The summed E-state index contributed by atoms with van der Waals surface area (Å²) in [6.07, 6.45) is 2.82. The van der Waals surface area contributed by atoms with Crippen molar-refractivity contribution in [1.29, 1.82) is 0 Å². The minimum Gasteiger partial charge on any atom is -0.481 e. The first-order valence-electron chi connectivity index (χ1n) is 7.33. The van der Waals surface area contributed by atoms with Crippen molar-refractivity contribution in [2.45, 2.75) is 39.5 Å². The fourth-order valence-electron chi connectivity index (χ4n) is 2.96. The zero-order chi connectivity index (χ0) is 14.7. The van der Waals surface area contributed by atoms with E-state index in [0.717, 1.165) is 6.42 Å². The van der Waals surface area contributed by atoms with E-state index >= 15 is 0 Å². The molecule has 1 fully saturated rings. The van der Waals surface area contributed by atoms with Crippen molar-refractivity contribution in [2.75, 3.05) is 0 Å². The average molecular weight is 274 g/mol. The molecule has 2 atom stereocenters. The van der Waals surface area contributed by atoms with Crippen LogP contribution in [0.3, 0.4) is 0 Å². The zero-order valence-corrected chi connectivity index (χ0v) is 12.1. The van der Waals surface area contributed by atoms with Gasteiger partial charge in [0, 0.05) is 11.5 Å². The van der Waals surface area contributed by atoms with Crippen LogP contribution in [0.5, 0.6) is 0 Å². The third kappa shape index (κ3) is 3.47. The van der Waals surface area contributed by atoms with Crippen LogP contribution in [-0.2, 0) is 11.2 Å². The monoisotopic (exact) mass is 274 g/mol. The van der Waals surface area contributed by atoms with Gasteiger partial charge in [-0.3, -0.25) is 9.59 Å². The number of benzene rings is 1. The van der Waals surface area contributed by atoms with Crippen molar-refractivity contribution in [1.82, 2.24) is 0 Å². The molecule has 0 heterocycles. The van der Waals surface area contributed by atoms with E-state index in [9.17, 15) is 9.59 Å². The van der Waals surface area contributed by atoms with Gasteiger partial charge in [0.15, 0.2) is 5.78 Å². The van der Waals surface area contributed by atoms with Gasteiger partial charge in [-0.1, -0.05) is 38.1 Å². The lowest BCUT2D eigenvalue weighted by molar-refractivity contribution is -0.141. The molecule has 0 radical (unpaired) electrons. The molecular formula is C17H22O3. The molecule has 3 nitrogen and oxygen atoms in total. The number of carboxylic acid groups (broad SMARTS) is 1. The van der Waals surface area contributed by atoms with Gasteiger partial charge in [0.2, 0.25) is 0 Å². The maximum Gasteiger partial charge on any atom is 0.306 e. The Kier molecular flexibility index (Phi) is 4.58. The molecule has 3 heteroatoms. The van der Waals surface area contributed by atoms with Crippen LogP contribution in [0.25, 0.3) is 0 Å². The number of carbonyl (C=O) groups is 2. The molecule has 1 aromatic carbocycles. The van der Waals surface area contributed by atoms with Crippen molar-refractivity contribution < 1.29 is 14.7 Å². The molecular weight excluding hydrogens is 252 g/mol. The molecule has 1 saturated carbocycles. The molecule has 0 aromatic heterocycles. The first kappa shape index (κ1) is 14.8. The Labute approximate surface area is 120 Å².